The van der Waals surface area contributed by atoms with E-state index < -0.39 is 29.5 Å². The lowest BCUT2D eigenvalue weighted by atomic mass is 10.0. The van der Waals surface area contributed by atoms with Crippen LogP contribution >= 0.6 is 0 Å². The SMILES string of the molecule is COC(=O)c1nc(CC(NC(=O)OC(C)(C)C)c2ccc(F)cc2)oc1C. The standard InChI is InChI=1S/C19H23FN2O5/c1-11-16(17(23)25-5)22-15(26-11)10-14(12-6-8-13(20)9-7-12)21-18(24)27-19(2,3)4/h6-9,14H,10H2,1-5H3,(H,21,24). The Morgan fingerprint density at radius 1 is 1.26 bits per heavy atom. The lowest BCUT2D eigenvalue weighted by Gasteiger charge is -2.23. The summed E-state index contributed by atoms with van der Waals surface area (Å²) in [5.41, 5.74) is 0.0370. The molecule has 0 aliphatic carbocycles. The van der Waals surface area contributed by atoms with Gasteiger partial charge >= 0.3 is 12.1 Å². The van der Waals surface area contributed by atoms with Crippen molar-refractivity contribution in [3.8, 4) is 0 Å². The highest BCUT2D eigenvalue weighted by atomic mass is 19.1. The lowest BCUT2D eigenvalue weighted by Crippen LogP contribution is -2.35. The number of esters is 1. The fraction of sp³-hybridized carbons (Fsp3) is 0.421. The molecule has 1 aromatic carbocycles. The molecule has 8 heteroatoms. The van der Waals surface area contributed by atoms with Gasteiger partial charge in [-0.1, -0.05) is 12.1 Å². The van der Waals surface area contributed by atoms with Crippen molar-refractivity contribution >= 4 is 12.1 Å². The largest absolute Gasteiger partial charge is 0.464 e. The van der Waals surface area contributed by atoms with Gasteiger partial charge in [0.05, 0.1) is 13.2 Å². The molecule has 1 N–H and O–H groups in total. The number of rotatable bonds is 5. The highest BCUT2D eigenvalue weighted by Gasteiger charge is 2.24. The minimum atomic E-state index is -0.672. The first-order valence-electron chi connectivity index (χ1n) is 8.38. The maximum Gasteiger partial charge on any atom is 0.408 e. The van der Waals surface area contributed by atoms with Gasteiger partial charge in [-0.3, -0.25) is 0 Å². The van der Waals surface area contributed by atoms with Crippen molar-refractivity contribution in [2.45, 2.75) is 45.8 Å². The Morgan fingerprint density at radius 2 is 1.89 bits per heavy atom. The first-order chi connectivity index (χ1) is 12.6. The summed E-state index contributed by atoms with van der Waals surface area (Å²) in [5.74, 6) is -0.457. The van der Waals surface area contributed by atoms with Crippen LogP contribution in [0.3, 0.4) is 0 Å². The number of hydrogen-bond acceptors (Lipinski definition) is 6. The molecule has 0 saturated carbocycles. The number of halogens is 1. The van der Waals surface area contributed by atoms with Crippen LogP contribution in [0.4, 0.5) is 9.18 Å². The van der Waals surface area contributed by atoms with E-state index in [9.17, 15) is 14.0 Å². The summed E-state index contributed by atoms with van der Waals surface area (Å²) in [7, 11) is 1.25. The van der Waals surface area contributed by atoms with Gasteiger partial charge in [0.15, 0.2) is 11.6 Å². The molecule has 1 amide bonds. The molecular weight excluding hydrogens is 355 g/mol. The van der Waals surface area contributed by atoms with Gasteiger partial charge < -0.3 is 19.2 Å². The topological polar surface area (TPSA) is 90.7 Å². The number of oxazole rings is 1. The summed E-state index contributed by atoms with van der Waals surface area (Å²) in [6.45, 7) is 6.84. The predicted octanol–water partition coefficient (Wildman–Crippen LogP) is 3.72. The summed E-state index contributed by atoms with van der Waals surface area (Å²) in [6, 6.07) is 5.09. The Morgan fingerprint density at radius 3 is 2.44 bits per heavy atom. The molecule has 1 heterocycles. The summed E-state index contributed by atoms with van der Waals surface area (Å²) < 4.78 is 28.7. The molecule has 1 unspecified atom stereocenters. The molecule has 1 atom stereocenters. The number of aromatic nitrogens is 1. The third kappa shape index (κ3) is 5.80. The quantitative estimate of drug-likeness (QED) is 0.798. The number of nitrogens with one attached hydrogen (secondary N) is 1. The van der Waals surface area contributed by atoms with Crippen LogP contribution in [0.1, 0.15) is 54.5 Å². The minimum Gasteiger partial charge on any atom is -0.464 e. The van der Waals surface area contributed by atoms with Crippen molar-refractivity contribution in [2.24, 2.45) is 0 Å². The van der Waals surface area contributed by atoms with Crippen LogP contribution in [0.25, 0.3) is 0 Å². The smallest absolute Gasteiger partial charge is 0.408 e. The van der Waals surface area contributed by atoms with E-state index in [2.05, 4.69) is 15.0 Å². The van der Waals surface area contributed by atoms with Crippen LogP contribution in [0, 0.1) is 12.7 Å². The molecule has 0 saturated heterocycles. The zero-order valence-electron chi connectivity index (χ0n) is 16.0. The van der Waals surface area contributed by atoms with Gasteiger partial charge in [0.1, 0.15) is 17.2 Å². The highest BCUT2D eigenvalue weighted by Crippen LogP contribution is 2.22. The Labute approximate surface area is 156 Å². The van der Waals surface area contributed by atoms with Gasteiger partial charge in [-0.05, 0) is 45.4 Å². The molecule has 0 radical (unpaired) electrons. The molecule has 1 aromatic heterocycles. The number of ether oxygens (including phenoxy) is 2. The fourth-order valence-corrected chi connectivity index (χ4v) is 2.40. The second-order valence-electron chi connectivity index (χ2n) is 6.96. The summed E-state index contributed by atoms with van der Waals surface area (Å²) in [6.07, 6.45) is -0.490. The number of amides is 1. The molecule has 146 valence electrons. The fourth-order valence-electron chi connectivity index (χ4n) is 2.40. The number of hydrogen-bond donors (Lipinski definition) is 1. The van der Waals surface area contributed by atoms with Gasteiger partial charge in [-0.25, -0.2) is 19.0 Å². The summed E-state index contributed by atoms with van der Waals surface area (Å²) >= 11 is 0. The van der Waals surface area contributed by atoms with Crippen molar-refractivity contribution < 1.29 is 27.9 Å². The molecule has 0 aliphatic heterocycles. The summed E-state index contributed by atoms with van der Waals surface area (Å²) in [4.78, 5) is 28.0. The second kappa shape index (κ2) is 8.20. The van der Waals surface area contributed by atoms with Gasteiger partial charge in [0, 0.05) is 6.42 Å². The van der Waals surface area contributed by atoms with E-state index in [4.69, 9.17) is 9.15 Å². The Balaban J connectivity index is 2.26. The van der Waals surface area contributed by atoms with E-state index in [1.807, 2.05) is 0 Å². The molecule has 2 rings (SSSR count). The predicted molar refractivity (Wildman–Crippen MR) is 94.8 cm³/mol. The maximum absolute atomic E-state index is 13.3. The van der Waals surface area contributed by atoms with Crippen molar-refractivity contribution in [1.29, 1.82) is 0 Å². The number of carbonyl (C=O) groups is 2. The highest BCUT2D eigenvalue weighted by molar-refractivity contribution is 5.88. The normalized spacial score (nSPS) is 12.4. The zero-order chi connectivity index (χ0) is 20.2. The molecule has 27 heavy (non-hydrogen) atoms. The average molecular weight is 378 g/mol. The number of alkyl carbamates (subject to hydrolysis) is 1. The lowest BCUT2D eigenvalue weighted by molar-refractivity contribution is 0.0500. The van der Waals surface area contributed by atoms with E-state index >= 15 is 0 Å². The monoisotopic (exact) mass is 378 g/mol. The Kier molecular flexibility index (Phi) is 6.20. The van der Waals surface area contributed by atoms with Crippen LogP contribution in [-0.2, 0) is 15.9 Å². The number of nitrogens with zero attached hydrogens (tertiary/aromatic N) is 1. The minimum absolute atomic E-state index is 0.0719. The van der Waals surface area contributed by atoms with E-state index in [0.717, 1.165) is 0 Å². The third-order valence-electron chi connectivity index (χ3n) is 3.56. The van der Waals surface area contributed by atoms with Crippen molar-refractivity contribution in [3.05, 3.63) is 53.0 Å². The van der Waals surface area contributed by atoms with Crippen molar-refractivity contribution in [2.75, 3.05) is 7.11 Å². The van der Waals surface area contributed by atoms with Crippen LogP contribution in [-0.4, -0.2) is 29.8 Å². The third-order valence-corrected chi connectivity index (χ3v) is 3.56. The zero-order valence-corrected chi connectivity index (χ0v) is 16.0. The number of aryl methyl sites for hydroxylation is 1. The Bertz CT molecular complexity index is 808. The molecule has 0 aliphatic rings. The molecule has 2 aromatic rings. The number of methoxy groups -OCH3 is 1. The van der Waals surface area contributed by atoms with E-state index in [-0.39, 0.29) is 18.0 Å². The number of carbonyl (C=O) groups excluding carboxylic acids is 2. The molecular formula is C19H23FN2O5. The molecule has 0 fully saturated rings. The first kappa shape index (κ1) is 20.4. The van der Waals surface area contributed by atoms with Crippen LogP contribution in [0.5, 0.6) is 0 Å². The second-order valence-corrected chi connectivity index (χ2v) is 6.96. The van der Waals surface area contributed by atoms with Crippen molar-refractivity contribution in [3.63, 3.8) is 0 Å². The van der Waals surface area contributed by atoms with Gasteiger partial charge in [0.25, 0.3) is 0 Å². The van der Waals surface area contributed by atoms with Gasteiger partial charge in [-0.15, -0.1) is 0 Å². The molecule has 7 nitrogen and oxygen atoms in total. The van der Waals surface area contributed by atoms with E-state index in [1.54, 1.807) is 39.8 Å². The Hall–Kier alpha value is -2.90. The van der Waals surface area contributed by atoms with Crippen LogP contribution < -0.4 is 5.32 Å². The first-order valence-corrected chi connectivity index (χ1v) is 8.38. The van der Waals surface area contributed by atoms with Crippen LogP contribution in [0.2, 0.25) is 0 Å². The number of benzene rings is 1. The van der Waals surface area contributed by atoms with E-state index in [1.165, 1.54) is 19.2 Å². The van der Waals surface area contributed by atoms with Crippen molar-refractivity contribution in [1.82, 2.24) is 10.3 Å². The van der Waals surface area contributed by atoms with Gasteiger partial charge in [0.2, 0.25) is 0 Å². The molecule has 0 bridgehead atoms. The molecule has 0 spiro atoms. The van der Waals surface area contributed by atoms with Crippen LogP contribution in [0.15, 0.2) is 28.7 Å². The average Bonchev–Trinajstić information content (AvgIpc) is 2.93. The summed E-state index contributed by atoms with van der Waals surface area (Å²) in [5, 5.41) is 2.73. The maximum atomic E-state index is 13.3. The van der Waals surface area contributed by atoms with E-state index in [0.29, 0.717) is 11.3 Å². The van der Waals surface area contributed by atoms with Gasteiger partial charge in [-0.2, -0.15) is 0 Å².